The van der Waals surface area contributed by atoms with Crippen LogP contribution in [0.3, 0.4) is 0 Å². The summed E-state index contributed by atoms with van der Waals surface area (Å²) in [6.07, 6.45) is 0. The highest BCUT2D eigenvalue weighted by Gasteiger charge is 2.35. The number of nitrogens with zero attached hydrogens (tertiary/aromatic N) is 1. The van der Waals surface area contributed by atoms with Crippen molar-refractivity contribution in [3.05, 3.63) is 71.8 Å². The summed E-state index contributed by atoms with van der Waals surface area (Å²) >= 11 is 3.94. The Labute approximate surface area is 132 Å². The Hall–Kier alpha value is -2.60. The van der Waals surface area contributed by atoms with E-state index in [-0.39, 0.29) is 11.1 Å². The smallest absolute Gasteiger partial charge is 0.335 e. The monoisotopic (exact) mass is 315 g/mol. The second kappa shape index (κ2) is 6.91. The standard InChI is InChI=1S/C16H13NO4S/c18-14(11-7-3-1-4-8-11)13(16(20)21)17(22)15(19)12-9-5-2-6-10-12/h1-10,13,22H,(H,20,21). The average Bonchev–Trinajstić information content (AvgIpc) is 2.55. The van der Waals surface area contributed by atoms with E-state index in [0.29, 0.717) is 4.31 Å². The molecule has 0 bridgehead atoms. The van der Waals surface area contributed by atoms with Crippen molar-refractivity contribution in [1.82, 2.24) is 4.31 Å². The number of hydrogen-bond acceptors (Lipinski definition) is 4. The lowest BCUT2D eigenvalue weighted by Gasteiger charge is -2.22. The molecule has 0 aliphatic carbocycles. The zero-order chi connectivity index (χ0) is 16.1. The average molecular weight is 315 g/mol. The molecule has 1 N–H and O–H groups in total. The summed E-state index contributed by atoms with van der Waals surface area (Å²) in [5.41, 5.74) is 0.458. The zero-order valence-electron chi connectivity index (χ0n) is 11.4. The lowest BCUT2D eigenvalue weighted by molar-refractivity contribution is -0.139. The topological polar surface area (TPSA) is 74.7 Å². The van der Waals surface area contributed by atoms with Gasteiger partial charge in [-0.25, -0.2) is 4.79 Å². The fourth-order valence-electron chi connectivity index (χ4n) is 1.92. The number of Topliss-reactive ketones (excluding diaryl/α,β-unsaturated/α-hetero) is 1. The number of aliphatic carboxylic acids is 1. The summed E-state index contributed by atoms with van der Waals surface area (Å²) in [6, 6.07) is 14.3. The first-order valence-electron chi connectivity index (χ1n) is 6.42. The van der Waals surface area contributed by atoms with Gasteiger partial charge in [-0.1, -0.05) is 61.3 Å². The van der Waals surface area contributed by atoms with Crippen molar-refractivity contribution in [2.75, 3.05) is 0 Å². The summed E-state index contributed by atoms with van der Waals surface area (Å²) in [4.78, 5) is 36.0. The quantitative estimate of drug-likeness (QED) is 0.504. The molecule has 6 heteroatoms. The molecule has 22 heavy (non-hydrogen) atoms. The number of carbonyl (C=O) groups excluding carboxylic acids is 2. The molecule has 2 aromatic rings. The molecule has 5 nitrogen and oxygen atoms in total. The minimum atomic E-state index is -1.70. The highest BCUT2D eigenvalue weighted by atomic mass is 32.1. The van der Waals surface area contributed by atoms with Crippen LogP contribution < -0.4 is 0 Å². The van der Waals surface area contributed by atoms with E-state index in [2.05, 4.69) is 12.8 Å². The van der Waals surface area contributed by atoms with Gasteiger partial charge >= 0.3 is 5.97 Å². The number of carboxylic acid groups (broad SMARTS) is 1. The Kier molecular flexibility index (Phi) is 4.95. The molecule has 0 saturated heterocycles. The summed E-state index contributed by atoms with van der Waals surface area (Å²) in [5, 5.41) is 9.31. The molecular weight excluding hydrogens is 302 g/mol. The van der Waals surface area contributed by atoms with E-state index in [1.54, 1.807) is 36.4 Å². The van der Waals surface area contributed by atoms with Crippen LogP contribution in [0.25, 0.3) is 0 Å². The maximum absolute atomic E-state index is 12.3. The molecule has 1 atom stereocenters. The van der Waals surface area contributed by atoms with Gasteiger partial charge in [0.05, 0.1) is 0 Å². The van der Waals surface area contributed by atoms with Gasteiger partial charge in [0, 0.05) is 11.1 Å². The molecule has 112 valence electrons. The number of ketones is 1. The van der Waals surface area contributed by atoms with E-state index in [0.717, 1.165) is 0 Å². The highest BCUT2D eigenvalue weighted by Crippen LogP contribution is 2.16. The SMILES string of the molecule is O=C(O)C(C(=O)c1ccccc1)N(S)C(=O)c1ccccc1. The molecule has 0 aliphatic rings. The molecular formula is C16H13NO4S. The molecule has 0 aromatic heterocycles. The third-order valence-electron chi connectivity index (χ3n) is 3.01. The van der Waals surface area contributed by atoms with Crippen molar-refractivity contribution < 1.29 is 19.5 Å². The fraction of sp³-hybridized carbons (Fsp3) is 0.0625. The highest BCUT2D eigenvalue weighted by molar-refractivity contribution is 7.78. The number of thiol groups is 1. The minimum Gasteiger partial charge on any atom is -0.479 e. The van der Waals surface area contributed by atoms with Gasteiger partial charge in [0.15, 0.2) is 5.78 Å². The van der Waals surface area contributed by atoms with Gasteiger partial charge in [0.25, 0.3) is 5.91 Å². The van der Waals surface area contributed by atoms with Crippen molar-refractivity contribution in [3.63, 3.8) is 0 Å². The first-order valence-corrected chi connectivity index (χ1v) is 6.82. The number of rotatable bonds is 5. The number of carbonyl (C=O) groups is 3. The Bertz CT molecular complexity index is 688. The largest absolute Gasteiger partial charge is 0.479 e. The van der Waals surface area contributed by atoms with Crippen LogP contribution in [0.1, 0.15) is 20.7 Å². The van der Waals surface area contributed by atoms with Crippen LogP contribution in [-0.4, -0.2) is 33.1 Å². The van der Waals surface area contributed by atoms with Gasteiger partial charge in [-0.3, -0.25) is 13.9 Å². The Morgan fingerprint density at radius 3 is 1.77 bits per heavy atom. The molecule has 0 heterocycles. The second-order valence-corrected chi connectivity index (χ2v) is 4.92. The van der Waals surface area contributed by atoms with Crippen LogP contribution in [0.15, 0.2) is 60.7 Å². The van der Waals surface area contributed by atoms with Crippen molar-refractivity contribution in [3.8, 4) is 0 Å². The third-order valence-corrected chi connectivity index (χ3v) is 3.43. The first-order chi connectivity index (χ1) is 10.5. The Morgan fingerprint density at radius 2 is 1.32 bits per heavy atom. The number of benzene rings is 2. The Balaban J connectivity index is 2.30. The molecule has 1 amide bonds. The van der Waals surface area contributed by atoms with E-state index >= 15 is 0 Å². The number of carboxylic acids is 1. The fourth-order valence-corrected chi connectivity index (χ4v) is 2.24. The van der Waals surface area contributed by atoms with Gasteiger partial charge in [-0.05, 0) is 12.1 Å². The maximum atomic E-state index is 12.3. The molecule has 2 rings (SSSR count). The van der Waals surface area contributed by atoms with Gasteiger partial charge in [0.2, 0.25) is 6.04 Å². The second-order valence-electron chi connectivity index (χ2n) is 4.49. The maximum Gasteiger partial charge on any atom is 0.335 e. The van der Waals surface area contributed by atoms with Crippen LogP contribution >= 0.6 is 12.8 Å². The van der Waals surface area contributed by atoms with Crippen molar-refractivity contribution in [2.45, 2.75) is 6.04 Å². The number of amides is 1. The Morgan fingerprint density at radius 1 is 0.864 bits per heavy atom. The van der Waals surface area contributed by atoms with Crippen LogP contribution in [-0.2, 0) is 4.79 Å². The van der Waals surface area contributed by atoms with E-state index < -0.39 is 23.7 Å². The summed E-state index contributed by atoms with van der Waals surface area (Å²) < 4.78 is 0.646. The van der Waals surface area contributed by atoms with E-state index in [1.165, 1.54) is 24.3 Å². The first kappa shape index (κ1) is 15.8. The predicted octanol–water partition coefficient (Wildman–Crippen LogP) is 2.31. The summed E-state index contributed by atoms with van der Waals surface area (Å²) in [5.74, 6) is -2.79. The van der Waals surface area contributed by atoms with E-state index in [1.807, 2.05) is 0 Å². The molecule has 0 aliphatic heterocycles. The van der Waals surface area contributed by atoms with Crippen molar-refractivity contribution in [1.29, 1.82) is 0 Å². The number of hydrogen-bond donors (Lipinski definition) is 2. The van der Waals surface area contributed by atoms with Crippen molar-refractivity contribution in [2.24, 2.45) is 0 Å². The lowest BCUT2D eigenvalue weighted by atomic mass is 10.0. The third kappa shape index (κ3) is 3.35. The van der Waals surface area contributed by atoms with Crippen LogP contribution in [0, 0.1) is 0 Å². The molecule has 0 fully saturated rings. The van der Waals surface area contributed by atoms with Gasteiger partial charge < -0.3 is 5.11 Å². The molecule has 2 aromatic carbocycles. The summed E-state index contributed by atoms with van der Waals surface area (Å²) in [6.45, 7) is 0. The van der Waals surface area contributed by atoms with Crippen LogP contribution in [0.4, 0.5) is 0 Å². The molecule has 0 saturated carbocycles. The van der Waals surface area contributed by atoms with E-state index in [4.69, 9.17) is 0 Å². The van der Waals surface area contributed by atoms with E-state index in [9.17, 15) is 19.5 Å². The van der Waals surface area contributed by atoms with Crippen LogP contribution in [0.2, 0.25) is 0 Å². The molecule has 1 unspecified atom stereocenters. The molecule has 0 spiro atoms. The minimum absolute atomic E-state index is 0.204. The summed E-state index contributed by atoms with van der Waals surface area (Å²) in [7, 11) is 0. The normalized spacial score (nSPS) is 11.5. The molecule has 0 radical (unpaired) electrons. The van der Waals surface area contributed by atoms with Gasteiger partial charge in [0.1, 0.15) is 0 Å². The van der Waals surface area contributed by atoms with Gasteiger partial charge in [-0.15, -0.1) is 0 Å². The van der Waals surface area contributed by atoms with Crippen LogP contribution in [0.5, 0.6) is 0 Å². The van der Waals surface area contributed by atoms with Crippen molar-refractivity contribution >= 4 is 30.5 Å². The zero-order valence-corrected chi connectivity index (χ0v) is 12.3. The van der Waals surface area contributed by atoms with Gasteiger partial charge in [-0.2, -0.15) is 0 Å². The predicted molar refractivity (Wildman–Crippen MR) is 83.8 cm³/mol. The lowest BCUT2D eigenvalue weighted by Crippen LogP contribution is -2.44.